The minimum atomic E-state index is 0.0662. The van der Waals surface area contributed by atoms with Crippen molar-refractivity contribution in [1.29, 1.82) is 0 Å². The second kappa shape index (κ2) is 3.91. The standard InChI is InChI=1S/C13H16ClN3/c1-17-11-6-3-2-5-10(11)15-12(17)16-13(9-14)7-4-8-13/h2-3,5-6H,4,7-9H2,1H3,(H,15,16). The predicted octanol–water partition coefficient (Wildman–Crippen LogP) is 3.15. The maximum atomic E-state index is 6.06. The van der Waals surface area contributed by atoms with E-state index in [4.69, 9.17) is 11.6 Å². The van der Waals surface area contributed by atoms with Crippen LogP contribution in [0.2, 0.25) is 0 Å². The van der Waals surface area contributed by atoms with Crippen LogP contribution in [0.5, 0.6) is 0 Å². The zero-order valence-corrected chi connectivity index (χ0v) is 10.7. The summed E-state index contributed by atoms with van der Waals surface area (Å²) in [5, 5.41) is 3.52. The third-order valence-electron chi connectivity index (χ3n) is 3.73. The molecule has 4 heteroatoms. The smallest absolute Gasteiger partial charge is 0.204 e. The Morgan fingerprint density at radius 2 is 2.18 bits per heavy atom. The van der Waals surface area contributed by atoms with Gasteiger partial charge in [-0.1, -0.05) is 12.1 Å². The van der Waals surface area contributed by atoms with Crippen LogP contribution < -0.4 is 5.32 Å². The van der Waals surface area contributed by atoms with Gasteiger partial charge in [-0.2, -0.15) is 0 Å². The van der Waals surface area contributed by atoms with E-state index < -0.39 is 0 Å². The lowest BCUT2D eigenvalue weighted by atomic mass is 9.78. The van der Waals surface area contributed by atoms with E-state index in [1.807, 2.05) is 25.2 Å². The number of rotatable bonds is 3. The van der Waals surface area contributed by atoms with Gasteiger partial charge in [-0.15, -0.1) is 11.6 Å². The summed E-state index contributed by atoms with van der Waals surface area (Å²) in [4.78, 5) is 4.62. The number of alkyl halides is 1. The van der Waals surface area contributed by atoms with Crippen molar-refractivity contribution >= 4 is 28.6 Å². The second-order valence-electron chi connectivity index (χ2n) is 4.88. The molecule has 0 atom stereocenters. The number of anilines is 1. The molecule has 1 fully saturated rings. The lowest BCUT2D eigenvalue weighted by Crippen LogP contribution is -2.47. The first-order valence-electron chi connectivity index (χ1n) is 6.00. The van der Waals surface area contributed by atoms with E-state index in [2.05, 4.69) is 20.9 Å². The van der Waals surface area contributed by atoms with Gasteiger partial charge in [0.25, 0.3) is 0 Å². The van der Waals surface area contributed by atoms with Crippen LogP contribution in [0, 0.1) is 0 Å². The van der Waals surface area contributed by atoms with Crippen LogP contribution in [0.15, 0.2) is 24.3 Å². The lowest BCUT2D eigenvalue weighted by Gasteiger charge is -2.41. The molecule has 1 N–H and O–H groups in total. The molecule has 0 spiro atoms. The molecule has 0 amide bonds. The van der Waals surface area contributed by atoms with Gasteiger partial charge in [0.05, 0.1) is 16.6 Å². The summed E-state index contributed by atoms with van der Waals surface area (Å²) in [6.07, 6.45) is 3.53. The van der Waals surface area contributed by atoms with E-state index in [1.165, 1.54) is 6.42 Å². The van der Waals surface area contributed by atoms with Crippen molar-refractivity contribution < 1.29 is 0 Å². The second-order valence-corrected chi connectivity index (χ2v) is 5.14. The van der Waals surface area contributed by atoms with Crippen molar-refractivity contribution in [3.63, 3.8) is 0 Å². The van der Waals surface area contributed by atoms with E-state index in [1.54, 1.807) is 0 Å². The maximum Gasteiger partial charge on any atom is 0.204 e. The molecule has 1 saturated carbocycles. The molecule has 0 radical (unpaired) electrons. The summed E-state index contributed by atoms with van der Waals surface area (Å²) in [5.41, 5.74) is 2.25. The normalized spacial score (nSPS) is 18.0. The molecule has 1 aromatic heterocycles. The molecular weight excluding hydrogens is 234 g/mol. The highest BCUT2D eigenvalue weighted by atomic mass is 35.5. The monoisotopic (exact) mass is 249 g/mol. The molecule has 3 rings (SSSR count). The summed E-state index contributed by atoms with van der Waals surface area (Å²) < 4.78 is 2.10. The zero-order valence-electron chi connectivity index (χ0n) is 9.91. The Labute approximate surface area is 106 Å². The third-order valence-corrected chi connectivity index (χ3v) is 4.24. The minimum absolute atomic E-state index is 0.0662. The Morgan fingerprint density at radius 1 is 1.41 bits per heavy atom. The summed E-state index contributed by atoms with van der Waals surface area (Å²) in [5.74, 6) is 1.57. The van der Waals surface area contributed by atoms with Crippen molar-refractivity contribution in [3.8, 4) is 0 Å². The number of fused-ring (bicyclic) bond motifs is 1. The van der Waals surface area contributed by atoms with Crippen LogP contribution in [0.4, 0.5) is 5.95 Å². The molecule has 0 bridgehead atoms. The van der Waals surface area contributed by atoms with Gasteiger partial charge in [0.15, 0.2) is 0 Å². The Kier molecular flexibility index (Phi) is 2.51. The van der Waals surface area contributed by atoms with Crippen LogP contribution in [-0.4, -0.2) is 21.0 Å². The Bertz CT molecular complexity index is 537. The lowest BCUT2D eigenvalue weighted by molar-refractivity contribution is 0.308. The van der Waals surface area contributed by atoms with Crippen molar-refractivity contribution in [2.24, 2.45) is 7.05 Å². The van der Waals surface area contributed by atoms with Crippen LogP contribution in [0.1, 0.15) is 19.3 Å². The van der Waals surface area contributed by atoms with Gasteiger partial charge in [-0.25, -0.2) is 4.98 Å². The quantitative estimate of drug-likeness (QED) is 0.847. The number of imidazole rings is 1. The fourth-order valence-corrected chi connectivity index (χ4v) is 2.72. The number of hydrogen-bond donors (Lipinski definition) is 1. The number of hydrogen-bond acceptors (Lipinski definition) is 2. The van der Waals surface area contributed by atoms with E-state index in [9.17, 15) is 0 Å². The molecular formula is C13H16ClN3. The Hall–Kier alpha value is -1.22. The van der Waals surface area contributed by atoms with E-state index in [0.717, 1.165) is 29.8 Å². The van der Waals surface area contributed by atoms with Crippen molar-refractivity contribution in [1.82, 2.24) is 9.55 Å². The Balaban J connectivity index is 1.98. The molecule has 0 aliphatic heterocycles. The van der Waals surface area contributed by atoms with Gasteiger partial charge in [0, 0.05) is 12.9 Å². The number of benzene rings is 1. The number of para-hydroxylation sites is 2. The average molecular weight is 250 g/mol. The summed E-state index contributed by atoms with van der Waals surface area (Å²) in [6.45, 7) is 0. The fraction of sp³-hybridized carbons (Fsp3) is 0.462. The highest BCUT2D eigenvalue weighted by molar-refractivity contribution is 6.19. The summed E-state index contributed by atoms with van der Waals surface area (Å²) in [7, 11) is 2.04. The first-order chi connectivity index (χ1) is 8.24. The van der Waals surface area contributed by atoms with Gasteiger partial charge in [0.1, 0.15) is 0 Å². The molecule has 2 aromatic rings. The van der Waals surface area contributed by atoms with Crippen molar-refractivity contribution in [3.05, 3.63) is 24.3 Å². The number of aryl methyl sites for hydroxylation is 1. The van der Waals surface area contributed by atoms with Gasteiger partial charge in [0.2, 0.25) is 5.95 Å². The summed E-state index contributed by atoms with van der Waals surface area (Å²) in [6, 6.07) is 8.17. The number of aromatic nitrogens is 2. The number of nitrogens with zero attached hydrogens (tertiary/aromatic N) is 2. The average Bonchev–Trinajstić information content (AvgIpc) is 2.62. The maximum absolute atomic E-state index is 6.06. The van der Waals surface area contributed by atoms with Gasteiger partial charge in [-0.3, -0.25) is 0 Å². The largest absolute Gasteiger partial charge is 0.349 e. The summed E-state index contributed by atoms with van der Waals surface area (Å²) >= 11 is 6.06. The van der Waals surface area contributed by atoms with Crippen molar-refractivity contribution in [2.75, 3.05) is 11.2 Å². The van der Waals surface area contributed by atoms with E-state index in [-0.39, 0.29) is 5.54 Å². The number of halogens is 1. The molecule has 90 valence electrons. The topological polar surface area (TPSA) is 29.9 Å². The van der Waals surface area contributed by atoms with Gasteiger partial charge >= 0.3 is 0 Å². The first kappa shape index (κ1) is 10.9. The van der Waals surface area contributed by atoms with Crippen molar-refractivity contribution in [2.45, 2.75) is 24.8 Å². The number of nitrogens with one attached hydrogen (secondary N) is 1. The van der Waals surface area contributed by atoms with Crippen LogP contribution in [0.3, 0.4) is 0 Å². The molecule has 0 unspecified atom stereocenters. The Morgan fingerprint density at radius 3 is 2.76 bits per heavy atom. The molecule has 1 heterocycles. The van der Waals surface area contributed by atoms with E-state index in [0.29, 0.717) is 5.88 Å². The highest BCUT2D eigenvalue weighted by Crippen LogP contribution is 2.36. The van der Waals surface area contributed by atoms with Crippen LogP contribution in [-0.2, 0) is 7.05 Å². The van der Waals surface area contributed by atoms with E-state index >= 15 is 0 Å². The molecule has 1 aromatic carbocycles. The predicted molar refractivity (Wildman–Crippen MR) is 71.6 cm³/mol. The van der Waals surface area contributed by atoms with Crippen LogP contribution in [0.25, 0.3) is 11.0 Å². The molecule has 1 aliphatic carbocycles. The minimum Gasteiger partial charge on any atom is -0.349 e. The van der Waals surface area contributed by atoms with Gasteiger partial charge in [-0.05, 0) is 31.4 Å². The van der Waals surface area contributed by atoms with Gasteiger partial charge < -0.3 is 9.88 Å². The molecule has 17 heavy (non-hydrogen) atoms. The third kappa shape index (κ3) is 1.69. The first-order valence-corrected chi connectivity index (χ1v) is 6.53. The van der Waals surface area contributed by atoms with Crippen LogP contribution >= 0.6 is 11.6 Å². The SMILES string of the molecule is Cn1c(NC2(CCl)CCC2)nc2ccccc21. The zero-order chi connectivity index (χ0) is 11.9. The molecule has 1 aliphatic rings. The molecule has 0 saturated heterocycles. The fourth-order valence-electron chi connectivity index (χ4n) is 2.39. The molecule has 3 nitrogen and oxygen atoms in total. The highest BCUT2D eigenvalue weighted by Gasteiger charge is 2.37.